The van der Waals surface area contributed by atoms with Crippen molar-refractivity contribution in [3.8, 4) is 0 Å². The molecule has 0 saturated heterocycles. The molecule has 0 aliphatic heterocycles. The summed E-state index contributed by atoms with van der Waals surface area (Å²) in [6.45, 7) is 2.59. The molecule has 4 heteroatoms. The van der Waals surface area contributed by atoms with E-state index in [0.29, 0.717) is 6.54 Å². The van der Waals surface area contributed by atoms with E-state index in [-0.39, 0.29) is 6.03 Å². The fourth-order valence-electron chi connectivity index (χ4n) is 1.82. The van der Waals surface area contributed by atoms with Crippen LogP contribution in [0.5, 0.6) is 0 Å². The second-order valence-corrected chi connectivity index (χ2v) is 5.30. The Labute approximate surface area is 127 Å². The summed E-state index contributed by atoms with van der Waals surface area (Å²) in [7, 11) is 0. The Kier molecular flexibility index (Phi) is 5.18. The highest BCUT2D eigenvalue weighted by Gasteiger charge is 2.03. The minimum absolute atomic E-state index is 0.204. The van der Waals surface area contributed by atoms with E-state index in [1.54, 1.807) is 0 Å². The maximum absolute atomic E-state index is 11.8. The first-order valence-electron chi connectivity index (χ1n) is 6.56. The Balaban J connectivity index is 1.87. The van der Waals surface area contributed by atoms with Gasteiger partial charge in [0.25, 0.3) is 0 Å². The summed E-state index contributed by atoms with van der Waals surface area (Å²) in [6, 6.07) is 15.5. The van der Waals surface area contributed by atoms with Crippen LogP contribution in [0.15, 0.2) is 53.0 Å². The summed E-state index contributed by atoms with van der Waals surface area (Å²) in [4.78, 5) is 11.8. The zero-order chi connectivity index (χ0) is 14.4. The van der Waals surface area contributed by atoms with Gasteiger partial charge in [0.15, 0.2) is 0 Å². The second kappa shape index (κ2) is 7.10. The van der Waals surface area contributed by atoms with Crippen LogP contribution in [0.1, 0.15) is 18.1 Å². The third-order valence-electron chi connectivity index (χ3n) is 3.02. The topological polar surface area (TPSA) is 41.1 Å². The molecule has 0 aliphatic carbocycles. The van der Waals surface area contributed by atoms with E-state index >= 15 is 0 Å². The zero-order valence-electron chi connectivity index (χ0n) is 11.3. The number of carbonyl (C=O) groups is 1. The molecule has 0 bridgehead atoms. The molecule has 104 valence electrons. The normalized spacial score (nSPS) is 10.1. The van der Waals surface area contributed by atoms with Crippen LogP contribution < -0.4 is 10.6 Å². The highest BCUT2D eigenvalue weighted by molar-refractivity contribution is 9.10. The number of halogens is 1. The van der Waals surface area contributed by atoms with E-state index < -0.39 is 0 Å². The van der Waals surface area contributed by atoms with Crippen molar-refractivity contribution in [1.29, 1.82) is 0 Å². The van der Waals surface area contributed by atoms with Gasteiger partial charge < -0.3 is 10.6 Å². The molecule has 2 aromatic carbocycles. The van der Waals surface area contributed by atoms with Crippen LogP contribution in [-0.4, -0.2) is 6.03 Å². The van der Waals surface area contributed by atoms with Crippen molar-refractivity contribution >= 4 is 27.6 Å². The molecule has 0 saturated carbocycles. The minimum Gasteiger partial charge on any atom is -0.334 e. The average molecular weight is 333 g/mol. The van der Waals surface area contributed by atoms with E-state index in [1.807, 2.05) is 48.5 Å². The van der Waals surface area contributed by atoms with Crippen LogP contribution >= 0.6 is 15.9 Å². The van der Waals surface area contributed by atoms with Crippen LogP contribution in [0.2, 0.25) is 0 Å². The Morgan fingerprint density at radius 3 is 2.45 bits per heavy atom. The van der Waals surface area contributed by atoms with Crippen molar-refractivity contribution in [3.63, 3.8) is 0 Å². The van der Waals surface area contributed by atoms with E-state index in [1.165, 1.54) is 5.56 Å². The number of carbonyl (C=O) groups excluding carboxylic acids is 1. The number of hydrogen-bond donors (Lipinski definition) is 2. The quantitative estimate of drug-likeness (QED) is 0.859. The summed E-state index contributed by atoms with van der Waals surface area (Å²) >= 11 is 3.46. The van der Waals surface area contributed by atoms with Gasteiger partial charge >= 0.3 is 6.03 Å². The third-order valence-corrected chi connectivity index (χ3v) is 3.79. The molecule has 0 aromatic heterocycles. The van der Waals surface area contributed by atoms with Gasteiger partial charge in [0.05, 0.1) is 0 Å². The standard InChI is InChI=1S/C16H17BrN2O/c1-2-12-7-9-14(10-8-12)19-16(20)18-11-13-5-3-4-6-15(13)17/h3-10H,2,11H2,1H3,(H2,18,19,20). The van der Waals surface area contributed by atoms with Gasteiger partial charge in [0.1, 0.15) is 0 Å². The lowest BCUT2D eigenvalue weighted by molar-refractivity contribution is 0.251. The van der Waals surface area contributed by atoms with Crippen molar-refractivity contribution in [2.45, 2.75) is 19.9 Å². The number of urea groups is 1. The zero-order valence-corrected chi connectivity index (χ0v) is 12.9. The Morgan fingerprint density at radius 1 is 1.10 bits per heavy atom. The number of rotatable bonds is 4. The van der Waals surface area contributed by atoms with Crippen molar-refractivity contribution in [2.75, 3.05) is 5.32 Å². The van der Waals surface area contributed by atoms with Crippen molar-refractivity contribution in [1.82, 2.24) is 5.32 Å². The predicted octanol–water partition coefficient (Wildman–Crippen LogP) is 4.33. The molecule has 0 heterocycles. The SMILES string of the molecule is CCc1ccc(NC(=O)NCc2ccccc2Br)cc1. The molecule has 0 aliphatic rings. The first-order valence-corrected chi connectivity index (χ1v) is 7.35. The molecule has 0 unspecified atom stereocenters. The number of aryl methyl sites for hydroxylation is 1. The molecule has 20 heavy (non-hydrogen) atoms. The maximum Gasteiger partial charge on any atom is 0.319 e. The Morgan fingerprint density at radius 2 is 1.80 bits per heavy atom. The summed E-state index contributed by atoms with van der Waals surface area (Å²) in [5, 5.41) is 5.65. The summed E-state index contributed by atoms with van der Waals surface area (Å²) < 4.78 is 0.993. The average Bonchev–Trinajstić information content (AvgIpc) is 2.47. The van der Waals surface area contributed by atoms with Gasteiger partial charge in [-0.2, -0.15) is 0 Å². The van der Waals surface area contributed by atoms with Gasteiger partial charge in [-0.05, 0) is 35.7 Å². The van der Waals surface area contributed by atoms with Gasteiger partial charge in [0, 0.05) is 16.7 Å². The van der Waals surface area contributed by atoms with Crippen LogP contribution in [0, 0.1) is 0 Å². The smallest absolute Gasteiger partial charge is 0.319 e. The first kappa shape index (κ1) is 14.6. The monoisotopic (exact) mass is 332 g/mol. The molecule has 0 spiro atoms. The van der Waals surface area contributed by atoms with Gasteiger partial charge in [-0.25, -0.2) is 4.79 Å². The van der Waals surface area contributed by atoms with Gasteiger partial charge in [-0.3, -0.25) is 0 Å². The number of anilines is 1. The molecular weight excluding hydrogens is 316 g/mol. The van der Waals surface area contributed by atoms with Crippen molar-refractivity contribution in [3.05, 3.63) is 64.1 Å². The first-order chi connectivity index (χ1) is 9.69. The molecule has 2 aromatic rings. The number of nitrogens with one attached hydrogen (secondary N) is 2. The van der Waals surface area contributed by atoms with Crippen LogP contribution in [0.4, 0.5) is 10.5 Å². The molecule has 2 rings (SSSR count). The summed E-state index contributed by atoms with van der Waals surface area (Å²) in [5.41, 5.74) is 3.10. The molecular formula is C16H17BrN2O. The maximum atomic E-state index is 11.8. The predicted molar refractivity (Wildman–Crippen MR) is 85.8 cm³/mol. The molecule has 0 radical (unpaired) electrons. The second-order valence-electron chi connectivity index (χ2n) is 4.45. The third kappa shape index (κ3) is 4.10. The fraction of sp³-hybridized carbons (Fsp3) is 0.188. The fourth-order valence-corrected chi connectivity index (χ4v) is 2.24. The molecule has 3 nitrogen and oxygen atoms in total. The highest BCUT2D eigenvalue weighted by atomic mass is 79.9. The molecule has 2 amide bonds. The van der Waals surface area contributed by atoms with E-state index in [2.05, 4.69) is 33.5 Å². The van der Waals surface area contributed by atoms with Crippen LogP contribution in [-0.2, 0) is 13.0 Å². The van der Waals surface area contributed by atoms with Crippen molar-refractivity contribution in [2.24, 2.45) is 0 Å². The Hall–Kier alpha value is -1.81. The summed E-state index contributed by atoms with van der Waals surface area (Å²) in [6.07, 6.45) is 0.995. The largest absolute Gasteiger partial charge is 0.334 e. The number of amides is 2. The van der Waals surface area contributed by atoms with E-state index in [9.17, 15) is 4.79 Å². The summed E-state index contributed by atoms with van der Waals surface area (Å²) in [5.74, 6) is 0. The van der Waals surface area contributed by atoms with Gasteiger partial charge in [-0.1, -0.05) is 53.2 Å². The van der Waals surface area contributed by atoms with E-state index in [0.717, 1.165) is 22.1 Å². The van der Waals surface area contributed by atoms with Crippen LogP contribution in [0.25, 0.3) is 0 Å². The molecule has 0 fully saturated rings. The van der Waals surface area contributed by atoms with Gasteiger partial charge in [-0.15, -0.1) is 0 Å². The minimum atomic E-state index is -0.204. The molecule has 2 N–H and O–H groups in total. The lowest BCUT2D eigenvalue weighted by Crippen LogP contribution is -2.28. The van der Waals surface area contributed by atoms with Crippen molar-refractivity contribution < 1.29 is 4.79 Å². The lowest BCUT2D eigenvalue weighted by atomic mass is 10.1. The van der Waals surface area contributed by atoms with Crippen LogP contribution in [0.3, 0.4) is 0 Å². The van der Waals surface area contributed by atoms with E-state index in [4.69, 9.17) is 0 Å². The molecule has 0 atom stereocenters. The lowest BCUT2D eigenvalue weighted by Gasteiger charge is -2.09. The Bertz CT molecular complexity index is 581. The van der Waals surface area contributed by atoms with Gasteiger partial charge in [0.2, 0.25) is 0 Å². The number of hydrogen-bond acceptors (Lipinski definition) is 1. The number of benzene rings is 2. The highest BCUT2D eigenvalue weighted by Crippen LogP contribution is 2.15.